The molecule has 2 rings (SSSR count). The molecule has 0 fully saturated rings. The van der Waals surface area contributed by atoms with Crippen molar-refractivity contribution in [2.75, 3.05) is 12.3 Å². The van der Waals surface area contributed by atoms with E-state index in [1.54, 1.807) is 6.20 Å². The molecule has 0 radical (unpaired) electrons. The molecule has 2 N–H and O–H groups in total. The molecular weight excluding hydrogens is 212 g/mol. The first-order valence-corrected chi connectivity index (χ1v) is 5.66. The van der Waals surface area contributed by atoms with E-state index in [-0.39, 0.29) is 0 Å². The molecule has 0 aliphatic heterocycles. The van der Waals surface area contributed by atoms with Crippen LogP contribution in [0.3, 0.4) is 0 Å². The summed E-state index contributed by atoms with van der Waals surface area (Å²) in [6.45, 7) is 4.60. The zero-order valence-electron chi connectivity index (χ0n) is 10.1. The lowest BCUT2D eigenvalue weighted by molar-refractivity contribution is 0.340. The van der Waals surface area contributed by atoms with Gasteiger partial charge >= 0.3 is 0 Å². The Kier molecular flexibility index (Phi) is 3.28. The third-order valence-electron chi connectivity index (χ3n) is 2.63. The molecule has 1 heterocycles. The van der Waals surface area contributed by atoms with E-state index >= 15 is 0 Å². The topological polar surface area (TPSA) is 48.1 Å². The van der Waals surface area contributed by atoms with E-state index in [9.17, 15) is 0 Å². The first-order chi connectivity index (χ1) is 8.22. The summed E-state index contributed by atoms with van der Waals surface area (Å²) in [6, 6.07) is 9.73. The van der Waals surface area contributed by atoms with E-state index in [0.29, 0.717) is 6.61 Å². The van der Waals surface area contributed by atoms with Gasteiger partial charge in [0.2, 0.25) is 0 Å². The number of nitrogen functional groups attached to an aromatic ring is 1. The first-order valence-electron chi connectivity index (χ1n) is 5.66. The summed E-state index contributed by atoms with van der Waals surface area (Å²) in [6.07, 6.45) is 1.77. The Morgan fingerprint density at radius 2 is 2.12 bits per heavy atom. The number of hydrogen-bond donors (Lipinski definition) is 1. The summed E-state index contributed by atoms with van der Waals surface area (Å²) in [4.78, 5) is 4.33. The van der Waals surface area contributed by atoms with Gasteiger partial charge in [0, 0.05) is 11.8 Å². The number of pyridine rings is 1. The first kappa shape index (κ1) is 11.5. The van der Waals surface area contributed by atoms with Crippen LogP contribution in [0.5, 0.6) is 5.75 Å². The summed E-state index contributed by atoms with van der Waals surface area (Å²) in [7, 11) is 0. The van der Waals surface area contributed by atoms with E-state index < -0.39 is 0 Å². The number of aryl methyl sites for hydroxylation is 1. The van der Waals surface area contributed by atoms with Crippen LogP contribution in [0.1, 0.15) is 12.5 Å². The quantitative estimate of drug-likeness (QED) is 0.878. The van der Waals surface area contributed by atoms with Gasteiger partial charge in [0.15, 0.2) is 0 Å². The van der Waals surface area contributed by atoms with Gasteiger partial charge in [0.05, 0.1) is 18.0 Å². The van der Waals surface area contributed by atoms with Crippen molar-refractivity contribution >= 4 is 5.69 Å². The van der Waals surface area contributed by atoms with E-state index in [4.69, 9.17) is 10.5 Å². The second-order valence-electron chi connectivity index (χ2n) is 3.85. The zero-order chi connectivity index (χ0) is 12.3. The van der Waals surface area contributed by atoms with Crippen LogP contribution in [-0.4, -0.2) is 11.6 Å². The van der Waals surface area contributed by atoms with Gasteiger partial charge in [-0.25, -0.2) is 0 Å². The predicted molar refractivity (Wildman–Crippen MR) is 70.0 cm³/mol. The van der Waals surface area contributed by atoms with Crippen LogP contribution < -0.4 is 10.5 Å². The Hall–Kier alpha value is -2.03. The minimum Gasteiger partial charge on any atom is -0.494 e. The maximum Gasteiger partial charge on any atom is 0.119 e. The van der Waals surface area contributed by atoms with Crippen LogP contribution in [0.2, 0.25) is 0 Å². The van der Waals surface area contributed by atoms with Crippen LogP contribution in [0.4, 0.5) is 5.69 Å². The van der Waals surface area contributed by atoms with Crippen LogP contribution >= 0.6 is 0 Å². The lowest BCUT2D eigenvalue weighted by atomic mass is 10.1. The molecule has 1 aromatic heterocycles. The molecule has 3 nitrogen and oxygen atoms in total. The van der Waals surface area contributed by atoms with Gasteiger partial charge in [0.1, 0.15) is 5.75 Å². The van der Waals surface area contributed by atoms with E-state index in [1.807, 2.05) is 44.2 Å². The normalized spacial score (nSPS) is 10.2. The molecule has 1 aromatic carbocycles. The average molecular weight is 228 g/mol. The average Bonchev–Trinajstić information content (AvgIpc) is 2.33. The molecular formula is C14H16N2O. The van der Waals surface area contributed by atoms with Crippen molar-refractivity contribution in [3.8, 4) is 17.0 Å². The highest BCUT2D eigenvalue weighted by atomic mass is 16.5. The van der Waals surface area contributed by atoms with Crippen molar-refractivity contribution in [1.82, 2.24) is 4.98 Å². The van der Waals surface area contributed by atoms with Gasteiger partial charge in [-0.15, -0.1) is 0 Å². The summed E-state index contributed by atoms with van der Waals surface area (Å²) in [5.41, 5.74) is 9.59. The molecule has 0 aliphatic carbocycles. The highest BCUT2D eigenvalue weighted by Crippen LogP contribution is 2.28. The summed E-state index contributed by atoms with van der Waals surface area (Å²) in [5.74, 6) is 0.840. The van der Waals surface area contributed by atoms with Crippen LogP contribution in [0, 0.1) is 6.92 Å². The molecule has 0 aliphatic rings. The van der Waals surface area contributed by atoms with Crippen molar-refractivity contribution in [2.45, 2.75) is 13.8 Å². The van der Waals surface area contributed by atoms with Gasteiger partial charge in [-0.2, -0.15) is 0 Å². The second-order valence-corrected chi connectivity index (χ2v) is 3.85. The molecule has 0 atom stereocenters. The van der Waals surface area contributed by atoms with Gasteiger partial charge in [0.25, 0.3) is 0 Å². The fraction of sp³-hybridized carbons (Fsp3) is 0.214. The number of anilines is 1. The third-order valence-corrected chi connectivity index (χ3v) is 2.63. The molecule has 0 saturated carbocycles. The molecule has 0 unspecified atom stereocenters. The number of aromatic nitrogens is 1. The Bertz CT molecular complexity index is 523. The number of rotatable bonds is 3. The number of hydrogen-bond acceptors (Lipinski definition) is 3. The molecule has 0 spiro atoms. The van der Waals surface area contributed by atoms with Crippen molar-refractivity contribution in [3.63, 3.8) is 0 Å². The lowest BCUT2D eigenvalue weighted by Crippen LogP contribution is -1.97. The number of nitrogens with two attached hydrogens (primary N) is 1. The largest absolute Gasteiger partial charge is 0.494 e. The van der Waals surface area contributed by atoms with E-state index in [2.05, 4.69) is 4.98 Å². The highest BCUT2D eigenvalue weighted by Gasteiger charge is 2.06. The number of benzene rings is 1. The third kappa shape index (κ3) is 2.38. The zero-order valence-corrected chi connectivity index (χ0v) is 10.1. The van der Waals surface area contributed by atoms with Crippen LogP contribution in [0.15, 0.2) is 36.5 Å². The highest BCUT2D eigenvalue weighted by molar-refractivity contribution is 5.75. The lowest BCUT2D eigenvalue weighted by Gasteiger charge is -2.09. The van der Waals surface area contributed by atoms with Gasteiger partial charge in [-0.1, -0.05) is 12.1 Å². The Balaban J connectivity index is 2.45. The van der Waals surface area contributed by atoms with Gasteiger partial charge in [-0.3, -0.25) is 4.98 Å². The minimum absolute atomic E-state index is 0.653. The standard InChI is InChI=1S/C14H16N2O/c1-3-17-12-6-4-5-11(9-12)14-13(15)10(2)7-8-16-14/h4-9H,3,15H2,1-2H3. The Morgan fingerprint density at radius 3 is 2.88 bits per heavy atom. The predicted octanol–water partition coefficient (Wildman–Crippen LogP) is 3.04. The second kappa shape index (κ2) is 4.87. The Morgan fingerprint density at radius 1 is 1.29 bits per heavy atom. The molecule has 17 heavy (non-hydrogen) atoms. The van der Waals surface area contributed by atoms with Crippen molar-refractivity contribution in [3.05, 3.63) is 42.1 Å². The minimum atomic E-state index is 0.653. The molecule has 0 saturated heterocycles. The summed E-state index contributed by atoms with van der Waals surface area (Å²) >= 11 is 0. The summed E-state index contributed by atoms with van der Waals surface area (Å²) in [5, 5.41) is 0. The maximum absolute atomic E-state index is 6.04. The van der Waals surface area contributed by atoms with Crippen LogP contribution in [-0.2, 0) is 0 Å². The SMILES string of the molecule is CCOc1cccc(-c2nccc(C)c2N)c1. The fourth-order valence-corrected chi connectivity index (χ4v) is 1.70. The van der Waals surface area contributed by atoms with Crippen molar-refractivity contribution in [2.24, 2.45) is 0 Å². The van der Waals surface area contributed by atoms with E-state index in [0.717, 1.165) is 28.3 Å². The molecule has 2 aromatic rings. The molecule has 3 heteroatoms. The molecule has 0 amide bonds. The van der Waals surface area contributed by atoms with Crippen LogP contribution in [0.25, 0.3) is 11.3 Å². The number of nitrogens with zero attached hydrogens (tertiary/aromatic N) is 1. The number of ether oxygens (including phenoxy) is 1. The monoisotopic (exact) mass is 228 g/mol. The van der Waals surface area contributed by atoms with Crippen molar-refractivity contribution < 1.29 is 4.74 Å². The van der Waals surface area contributed by atoms with E-state index in [1.165, 1.54) is 0 Å². The molecule has 0 bridgehead atoms. The maximum atomic E-state index is 6.04. The fourth-order valence-electron chi connectivity index (χ4n) is 1.70. The summed E-state index contributed by atoms with van der Waals surface area (Å²) < 4.78 is 5.47. The Labute approximate surface area is 101 Å². The molecule has 88 valence electrons. The van der Waals surface area contributed by atoms with Gasteiger partial charge < -0.3 is 10.5 Å². The smallest absolute Gasteiger partial charge is 0.119 e. The van der Waals surface area contributed by atoms with Crippen molar-refractivity contribution in [1.29, 1.82) is 0 Å². The van der Waals surface area contributed by atoms with Gasteiger partial charge in [-0.05, 0) is 37.6 Å².